The summed E-state index contributed by atoms with van der Waals surface area (Å²) < 4.78 is 0. The Labute approximate surface area is 115 Å². The summed E-state index contributed by atoms with van der Waals surface area (Å²) in [5.74, 6) is -0.501. The molecule has 0 saturated heterocycles. The molecule has 0 spiro atoms. The van der Waals surface area contributed by atoms with Crippen molar-refractivity contribution in [1.29, 1.82) is 0 Å². The predicted octanol–water partition coefficient (Wildman–Crippen LogP) is 1.83. The third-order valence-electron chi connectivity index (χ3n) is 3.20. The van der Waals surface area contributed by atoms with Crippen molar-refractivity contribution in [2.75, 3.05) is 0 Å². The lowest BCUT2D eigenvalue weighted by molar-refractivity contribution is 0.0691. The van der Waals surface area contributed by atoms with Gasteiger partial charge >= 0.3 is 12.0 Å². The maximum Gasteiger partial charge on any atom is 0.355 e. The van der Waals surface area contributed by atoms with Crippen molar-refractivity contribution in [3.05, 3.63) is 16.1 Å². The first kappa shape index (κ1) is 13.8. The minimum atomic E-state index is -1.05. The zero-order chi connectivity index (χ0) is 14.0. The van der Waals surface area contributed by atoms with Gasteiger partial charge in [-0.15, -0.1) is 11.3 Å². The molecule has 2 rings (SSSR count). The molecule has 0 aliphatic heterocycles. The van der Waals surface area contributed by atoms with Crippen molar-refractivity contribution in [2.45, 2.75) is 38.8 Å². The van der Waals surface area contributed by atoms with E-state index in [1.54, 1.807) is 0 Å². The average molecular weight is 283 g/mol. The zero-order valence-electron chi connectivity index (χ0n) is 10.9. The minimum absolute atomic E-state index is 0.0144. The van der Waals surface area contributed by atoms with Gasteiger partial charge in [-0.05, 0) is 32.6 Å². The van der Waals surface area contributed by atoms with E-state index in [9.17, 15) is 9.59 Å². The van der Waals surface area contributed by atoms with Gasteiger partial charge in [-0.25, -0.2) is 14.6 Å². The van der Waals surface area contributed by atoms with Crippen LogP contribution in [0.2, 0.25) is 0 Å². The molecule has 104 valence electrons. The molecular formula is C12H17N3O3S. The fourth-order valence-corrected chi connectivity index (χ4v) is 2.60. The second-order valence-corrected chi connectivity index (χ2v) is 6.18. The first-order valence-corrected chi connectivity index (χ1v) is 7.00. The van der Waals surface area contributed by atoms with Gasteiger partial charge in [0.1, 0.15) is 5.01 Å². The van der Waals surface area contributed by atoms with Crippen molar-refractivity contribution in [2.24, 2.45) is 5.92 Å². The minimum Gasteiger partial charge on any atom is -0.476 e. The molecule has 7 heteroatoms. The summed E-state index contributed by atoms with van der Waals surface area (Å²) in [5.41, 5.74) is -0.181. The highest BCUT2D eigenvalue weighted by atomic mass is 32.1. The highest BCUT2D eigenvalue weighted by Crippen LogP contribution is 2.39. The number of nitrogens with one attached hydrogen (secondary N) is 2. The molecule has 1 aliphatic rings. The normalized spacial score (nSPS) is 15.1. The van der Waals surface area contributed by atoms with Crippen LogP contribution in [0.1, 0.15) is 42.2 Å². The van der Waals surface area contributed by atoms with Crippen LogP contribution in [0, 0.1) is 5.92 Å². The van der Waals surface area contributed by atoms with Crippen LogP contribution in [0.15, 0.2) is 5.38 Å². The Morgan fingerprint density at radius 3 is 2.74 bits per heavy atom. The van der Waals surface area contributed by atoms with E-state index in [2.05, 4.69) is 15.6 Å². The van der Waals surface area contributed by atoms with E-state index in [0.717, 1.165) is 12.8 Å². The van der Waals surface area contributed by atoms with Crippen LogP contribution in [0.4, 0.5) is 4.79 Å². The average Bonchev–Trinajstić information content (AvgIpc) is 3.06. The lowest BCUT2D eigenvalue weighted by atomic mass is 9.99. The van der Waals surface area contributed by atoms with Gasteiger partial charge in [0.05, 0.1) is 6.54 Å². The molecule has 0 aromatic carbocycles. The Morgan fingerprint density at radius 1 is 1.53 bits per heavy atom. The van der Waals surface area contributed by atoms with Crippen molar-refractivity contribution >= 4 is 23.3 Å². The summed E-state index contributed by atoms with van der Waals surface area (Å²) in [5, 5.41) is 16.4. The van der Waals surface area contributed by atoms with E-state index < -0.39 is 5.97 Å². The molecule has 1 saturated carbocycles. The van der Waals surface area contributed by atoms with Gasteiger partial charge in [0.2, 0.25) is 0 Å². The Hall–Kier alpha value is -1.63. The number of urea groups is 1. The Kier molecular flexibility index (Phi) is 3.75. The summed E-state index contributed by atoms with van der Waals surface area (Å²) in [6.07, 6.45) is 2.31. The summed E-state index contributed by atoms with van der Waals surface area (Å²) in [6, 6.07) is -0.246. The van der Waals surface area contributed by atoms with Crippen LogP contribution in [-0.2, 0) is 6.54 Å². The fourth-order valence-electron chi connectivity index (χ4n) is 1.89. The zero-order valence-corrected chi connectivity index (χ0v) is 11.7. The van der Waals surface area contributed by atoms with E-state index in [0.29, 0.717) is 10.9 Å². The fraction of sp³-hybridized carbons (Fsp3) is 0.583. The number of rotatable bonds is 5. The molecule has 1 aliphatic carbocycles. The first-order chi connectivity index (χ1) is 8.88. The third-order valence-corrected chi connectivity index (χ3v) is 4.05. The van der Waals surface area contributed by atoms with Crippen LogP contribution >= 0.6 is 11.3 Å². The van der Waals surface area contributed by atoms with Gasteiger partial charge in [0.15, 0.2) is 5.69 Å². The van der Waals surface area contributed by atoms with Gasteiger partial charge in [0, 0.05) is 10.9 Å². The molecule has 1 fully saturated rings. The summed E-state index contributed by atoms with van der Waals surface area (Å²) >= 11 is 1.22. The lowest BCUT2D eigenvalue weighted by Crippen LogP contribution is -2.49. The number of hydrogen-bond donors (Lipinski definition) is 3. The van der Waals surface area contributed by atoms with Crippen molar-refractivity contribution in [3.8, 4) is 0 Å². The molecular weight excluding hydrogens is 266 g/mol. The molecule has 0 bridgehead atoms. The number of carboxylic acid groups (broad SMARTS) is 1. The molecule has 3 N–H and O–H groups in total. The van der Waals surface area contributed by atoms with Crippen LogP contribution in [-0.4, -0.2) is 27.6 Å². The smallest absolute Gasteiger partial charge is 0.355 e. The largest absolute Gasteiger partial charge is 0.476 e. The number of carbonyl (C=O) groups excluding carboxylic acids is 1. The van der Waals surface area contributed by atoms with Gasteiger partial charge < -0.3 is 15.7 Å². The summed E-state index contributed by atoms with van der Waals surface area (Å²) in [4.78, 5) is 26.3. The van der Waals surface area contributed by atoms with E-state index in [1.165, 1.54) is 16.7 Å². The van der Waals surface area contributed by atoms with Crippen molar-refractivity contribution in [3.63, 3.8) is 0 Å². The van der Waals surface area contributed by atoms with Crippen LogP contribution in [0.5, 0.6) is 0 Å². The van der Waals surface area contributed by atoms with Crippen LogP contribution < -0.4 is 10.6 Å². The van der Waals surface area contributed by atoms with Gasteiger partial charge in [-0.1, -0.05) is 0 Å². The topological polar surface area (TPSA) is 91.3 Å². The lowest BCUT2D eigenvalue weighted by Gasteiger charge is -2.26. The van der Waals surface area contributed by atoms with Crippen LogP contribution in [0.25, 0.3) is 0 Å². The van der Waals surface area contributed by atoms with Gasteiger partial charge in [-0.2, -0.15) is 0 Å². The second kappa shape index (κ2) is 5.16. The number of hydrogen-bond acceptors (Lipinski definition) is 4. The molecule has 1 heterocycles. The number of carbonyl (C=O) groups is 2. The Morgan fingerprint density at radius 2 is 2.21 bits per heavy atom. The molecule has 19 heavy (non-hydrogen) atoms. The van der Waals surface area contributed by atoms with Crippen molar-refractivity contribution < 1.29 is 14.7 Å². The van der Waals surface area contributed by atoms with Gasteiger partial charge in [-0.3, -0.25) is 0 Å². The Balaban J connectivity index is 1.81. The van der Waals surface area contributed by atoms with Crippen LogP contribution in [0.3, 0.4) is 0 Å². The number of aromatic nitrogens is 1. The summed E-state index contributed by atoms with van der Waals surface area (Å²) in [6.45, 7) is 4.26. The number of carboxylic acids is 1. The van der Waals surface area contributed by atoms with E-state index in [-0.39, 0.29) is 23.8 Å². The molecule has 1 aromatic heterocycles. The molecule has 0 atom stereocenters. The standard InChI is InChI=1S/C12H17N3O3S/c1-12(2,7-3-4-7)15-11(18)13-5-9-14-8(6-19-9)10(16)17/h6-7H,3-5H2,1-2H3,(H,16,17)(H2,13,15,18). The van der Waals surface area contributed by atoms with Gasteiger partial charge in [0.25, 0.3) is 0 Å². The van der Waals surface area contributed by atoms with E-state index in [4.69, 9.17) is 5.11 Å². The quantitative estimate of drug-likeness (QED) is 0.768. The highest BCUT2D eigenvalue weighted by molar-refractivity contribution is 7.09. The highest BCUT2D eigenvalue weighted by Gasteiger charge is 2.38. The SMILES string of the molecule is CC(C)(NC(=O)NCc1nc(C(=O)O)cs1)C1CC1. The third kappa shape index (κ3) is 3.66. The first-order valence-electron chi connectivity index (χ1n) is 6.12. The molecule has 6 nitrogen and oxygen atoms in total. The number of thiazole rings is 1. The molecule has 2 amide bonds. The molecule has 0 unspecified atom stereocenters. The number of nitrogens with zero attached hydrogens (tertiary/aromatic N) is 1. The van der Waals surface area contributed by atoms with E-state index >= 15 is 0 Å². The van der Waals surface area contributed by atoms with Crippen molar-refractivity contribution in [1.82, 2.24) is 15.6 Å². The second-order valence-electron chi connectivity index (χ2n) is 5.24. The predicted molar refractivity (Wildman–Crippen MR) is 71.2 cm³/mol. The van der Waals surface area contributed by atoms with E-state index in [1.807, 2.05) is 13.8 Å². The maximum absolute atomic E-state index is 11.7. The maximum atomic E-state index is 11.7. The number of aromatic carboxylic acids is 1. The number of amides is 2. The summed E-state index contributed by atoms with van der Waals surface area (Å²) in [7, 11) is 0. The monoisotopic (exact) mass is 283 g/mol. The Bertz CT molecular complexity index is 494. The molecule has 1 aromatic rings. The molecule has 0 radical (unpaired) electrons.